The Labute approximate surface area is 191 Å². The lowest BCUT2D eigenvalue weighted by Crippen LogP contribution is -2.36. The first kappa shape index (κ1) is 22.5. The molecular formula is C24H27FN4O2S. The van der Waals surface area contributed by atoms with E-state index in [1.165, 1.54) is 22.7 Å². The molecule has 2 aromatic rings. The number of nitrogens with zero attached hydrogens (tertiary/aromatic N) is 3. The van der Waals surface area contributed by atoms with Crippen molar-refractivity contribution >= 4 is 35.0 Å². The van der Waals surface area contributed by atoms with Crippen molar-refractivity contribution in [1.82, 2.24) is 9.91 Å². The Morgan fingerprint density at radius 1 is 1.09 bits per heavy atom. The molecule has 1 N–H and O–H groups in total. The molecule has 1 fully saturated rings. The molecule has 0 atom stereocenters. The van der Waals surface area contributed by atoms with Crippen molar-refractivity contribution in [3.8, 4) is 0 Å². The molecule has 0 unspecified atom stereocenters. The first-order valence-corrected chi connectivity index (χ1v) is 12.0. The summed E-state index contributed by atoms with van der Waals surface area (Å²) in [6, 6.07) is 11.9. The Morgan fingerprint density at radius 2 is 1.84 bits per heavy atom. The lowest BCUT2D eigenvalue weighted by molar-refractivity contribution is -0.132. The second-order valence-electron chi connectivity index (χ2n) is 8.06. The van der Waals surface area contributed by atoms with Crippen LogP contribution in [0.2, 0.25) is 0 Å². The number of carbonyl (C=O) groups is 2. The van der Waals surface area contributed by atoms with Crippen LogP contribution >= 0.6 is 11.8 Å². The third kappa shape index (κ3) is 5.55. The van der Waals surface area contributed by atoms with Crippen LogP contribution in [-0.4, -0.2) is 52.0 Å². The molecule has 168 valence electrons. The second kappa shape index (κ2) is 10.3. The van der Waals surface area contributed by atoms with Gasteiger partial charge in [-0.3, -0.25) is 14.5 Å². The Hall–Kier alpha value is -2.71. The molecule has 2 heterocycles. The zero-order valence-electron chi connectivity index (χ0n) is 18.1. The van der Waals surface area contributed by atoms with E-state index in [0.29, 0.717) is 12.1 Å². The van der Waals surface area contributed by atoms with Gasteiger partial charge in [-0.2, -0.15) is 16.9 Å². The molecule has 0 spiro atoms. The van der Waals surface area contributed by atoms with E-state index < -0.39 is 0 Å². The smallest absolute Gasteiger partial charge is 0.271 e. The first-order valence-electron chi connectivity index (χ1n) is 10.8. The molecule has 0 bridgehead atoms. The van der Waals surface area contributed by atoms with Crippen LogP contribution in [0, 0.1) is 12.7 Å². The highest BCUT2D eigenvalue weighted by Gasteiger charge is 2.25. The summed E-state index contributed by atoms with van der Waals surface area (Å²) in [7, 11) is 0. The van der Waals surface area contributed by atoms with Crippen LogP contribution in [0.25, 0.3) is 0 Å². The third-order valence-electron chi connectivity index (χ3n) is 5.80. The van der Waals surface area contributed by atoms with Crippen molar-refractivity contribution in [2.75, 3.05) is 29.9 Å². The van der Waals surface area contributed by atoms with Gasteiger partial charge in [0.05, 0.1) is 6.54 Å². The number of benzene rings is 2. The van der Waals surface area contributed by atoms with Gasteiger partial charge in [-0.1, -0.05) is 24.3 Å². The van der Waals surface area contributed by atoms with Gasteiger partial charge in [0, 0.05) is 49.7 Å². The van der Waals surface area contributed by atoms with Gasteiger partial charge in [-0.05, 0) is 41.8 Å². The van der Waals surface area contributed by atoms with Gasteiger partial charge in [0.2, 0.25) is 5.91 Å². The molecular weight excluding hydrogens is 427 g/mol. The SMILES string of the molecule is Cc1c(CN2CCSCC2)cccc1NC(=O)C1=NN(Cc2ccc(F)cc2)C(=O)CC1. The van der Waals surface area contributed by atoms with Gasteiger partial charge in [0.15, 0.2) is 0 Å². The number of anilines is 1. The van der Waals surface area contributed by atoms with Gasteiger partial charge in [0.25, 0.3) is 5.91 Å². The average Bonchev–Trinajstić information content (AvgIpc) is 2.80. The van der Waals surface area contributed by atoms with Gasteiger partial charge in [-0.25, -0.2) is 9.40 Å². The predicted molar refractivity (Wildman–Crippen MR) is 126 cm³/mol. The lowest BCUT2D eigenvalue weighted by atomic mass is 10.1. The number of carbonyl (C=O) groups excluding carboxylic acids is 2. The Morgan fingerprint density at radius 3 is 2.59 bits per heavy atom. The summed E-state index contributed by atoms with van der Waals surface area (Å²) in [5, 5.41) is 8.59. The molecule has 2 aliphatic heterocycles. The molecule has 2 aliphatic rings. The first-order chi connectivity index (χ1) is 15.5. The summed E-state index contributed by atoms with van der Waals surface area (Å²) in [6.45, 7) is 5.26. The average molecular weight is 455 g/mol. The number of amides is 2. The van der Waals surface area contributed by atoms with E-state index in [-0.39, 0.29) is 30.6 Å². The van der Waals surface area contributed by atoms with E-state index in [4.69, 9.17) is 0 Å². The molecule has 8 heteroatoms. The largest absolute Gasteiger partial charge is 0.321 e. The van der Waals surface area contributed by atoms with E-state index in [0.717, 1.165) is 48.0 Å². The van der Waals surface area contributed by atoms with Gasteiger partial charge in [-0.15, -0.1) is 0 Å². The number of thioether (sulfide) groups is 1. The highest BCUT2D eigenvalue weighted by molar-refractivity contribution is 7.99. The molecule has 0 radical (unpaired) electrons. The molecule has 0 aliphatic carbocycles. The Balaban J connectivity index is 1.45. The molecule has 1 saturated heterocycles. The zero-order valence-corrected chi connectivity index (χ0v) is 19.0. The number of hydrogen-bond acceptors (Lipinski definition) is 5. The lowest BCUT2D eigenvalue weighted by Gasteiger charge is -2.27. The number of hydrazone groups is 1. The molecule has 0 saturated carbocycles. The highest BCUT2D eigenvalue weighted by atomic mass is 32.2. The fraction of sp³-hybridized carbons (Fsp3) is 0.375. The summed E-state index contributed by atoms with van der Waals surface area (Å²) in [5.74, 6) is 1.53. The minimum atomic E-state index is -0.334. The summed E-state index contributed by atoms with van der Waals surface area (Å²) >= 11 is 1.99. The predicted octanol–water partition coefficient (Wildman–Crippen LogP) is 3.80. The van der Waals surface area contributed by atoms with Crippen LogP contribution in [0.5, 0.6) is 0 Å². The van der Waals surface area contributed by atoms with Gasteiger partial charge >= 0.3 is 0 Å². The number of halogens is 1. The molecule has 4 rings (SSSR count). The van der Waals surface area contributed by atoms with Crippen molar-refractivity contribution < 1.29 is 14.0 Å². The zero-order chi connectivity index (χ0) is 22.5. The molecule has 0 aromatic heterocycles. The van der Waals surface area contributed by atoms with Crippen molar-refractivity contribution in [1.29, 1.82) is 0 Å². The maximum absolute atomic E-state index is 13.1. The summed E-state index contributed by atoms with van der Waals surface area (Å²) in [5.41, 5.74) is 4.10. The fourth-order valence-electron chi connectivity index (χ4n) is 3.84. The minimum Gasteiger partial charge on any atom is -0.321 e. The monoisotopic (exact) mass is 454 g/mol. The van der Waals surface area contributed by atoms with E-state index in [2.05, 4.69) is 21.4 Å². The van der Waals surface area contributed by atoms with Crippen LogP contribution in [-0.2, 0) is 22.7 Å². The number of rotatable bonds is 6. The summed E-state index contributed by atoms with van der Waals surface area (Å²) in [4.78, 5) is 27.7. The van der Waals surface area contributed by atoms with Crippen molar-refractivity contribution in [3.05, 3.63) is 65.0 Å². The van der Waals surface area contributed by atoms with E-state index in [1.54, 1.807) is 12.1 Å². The summed E-state index contributed by atoms with van der Waals surface area (Å²) < 4.78 is 13.1. The Bertz CT molecular complexity index is 1020. The maximum atomic E-state index is 13.1. The quantitative estimate of drug-likeness (QED) is 0.721. The maximum Gasteiger partial charge on any atom is 0.271 e. The molecule has 6 nitrogen and oxygen atoms in total. The molecule has 32 heavy (non-hydrogen) atoms. The summed E-state index contributed by atoms with van der Waals surface area (Å²) in [6.07, 6.45) is 0.522. The van der Waals surface area contributed by atoms with E-state index >= 15 is 0 Å². The van der Waals surface area contributed by atoms with Gasteiger partial charge < -0.3 is 5.32 Å². The van der Waals surface area contributed by atoms with Crippen LogP contribution in [0.15, 0.2) is 47.6 Å². The topological polar surface area (TPSA) is 65.0 Å². The Kier molecular flexibility index (Phi) is 7.22. The molecule has 2 aromatic carbocycles. The van der Waals surface area contributed by atoms with Crippen molar-refractivity contribution in [2.24, 2.45) is 5.10 Å². The molecule has 2 amide bonds. The number of hydrogen-bond donors (Lipinski definition) is 1. The van der Waals surface area contributed by atoms with E-state index in [1.807, 2.05) is 30.8 Å². The van der Waals surface area contributed by atoms with Gasteiger partial charge in [0.1, 0.15) is 11.5 Å². The highest BCUT2D eigenvalue weighted by Crippen LogP contribution is 2.23. The van der Waals surface area contributed by atoms with Crippen LogP contribution in [0.1, 0.15) is 29.5 Å². The van der Waals surface area contributed by atoms with E-state index in [9.17, 15) is 14.0 Å². The fourth-order valence-corrected chi connectivity index (χ4v) is 4.81. The van der Waals surface area contributed by atoms with Crippen LogP contribution in [0.4, 0.5) is 10.1 Å². The van der Waals surface area contributed by atoms with Crippen LogP contribution < -0.4 is 5.32 Å². The van der Waals surface area contributed by atoms with Crippen LogP contribution in [0.3, 0.4) is 0 Å². The van der Waals surface area contributed by atoms with Crippen molar-refractivity contribution in [3.63, 3.8) is 0 Å². The minimum absolute atomic E-state index is 0.149. The number of nitrogens with one attached hydrogen (secondary N) is 1. The normalized spacial score (nSPS) is 17.2. The second-order valence-corrected chi connectivity index (χ2v) is 9.28. The third-order valence-corrected chi connectivity index (χ3v) is 6.75. The standard InChI is InChI=1S/C24H27FN4O2S/c1-17-19(16-28-11-13-32-14-12-28)3-2-4-21(17)26-24(31)22-9-10-23(30)29(27-22)15-18-5-7-20(25)8-6-18/h2-8H,9-16H2,1H3,(H,26,31). The van der Waals surface area contributed by atoms with Crippen molar-refractivity contribution in [2.45, 2.75) is 32.9 Å².